The van der Waals surface area contributed by atoms with Crippen LogP contribution in [0.25, 0.3) is 10.8 Å². The van der Waals surface area contributed by atoms with Crippen LogP contribution in [0.4, 0.5) is 4.39 Å². The van der Waals surface area contributed by atoms with Crippen molar-refractivity contribution in [3.8, 4) is 0 Å². The number of benzene rings is 3. The molecule has 172 valence electrons. The molecule has 1 unspecified atom stereocenters. The number of rotatable bonds is 6. The van der Waals surface area contributed by atoms with E-state index < -0.39 is 16.1 Å². The molecule has 1 amide bonds. The van der Waals surface area contributed by atoms with Crippen LogP contribution in [0.1, 0.15) is 24.4 Å². The van der Waals surface area contributed by atoms with Crippen LogP contribution >= 0.6 is 0 Å². The van der Waals surface area contributed by atoms with E-state index in [1.165, 1.54) is 16.4 Å². The number of carbonyl (C=O) groups is 1. The van der Waals surface area contributed by atoms with Crippen LogP contribution < -0.4 is 5.32 Å². The van der Waals surface area contributed by atoms with Crippen molar-refractivity contribution in [1.29, 1.82) is 0 Å². The van der Waals surface area contributed by atoms with Crippen LogP contribution in [-0.4, -0.2) is 55.8 Å². The molecule has 1 saturated carbocycles. The fraction of sp³-hybridized carbons (Fsp3) is 0.320. The van der Waals surface area contributed by atoms with Crippen molar-refractivity contribution < 1.29 is 17.6 Å². The molecule has 6 nitrogen and oxygen atoms in total. The van der Waals surface area contributed by atoms with Gasteiger partial charge in [-0.15, -0.1) is 0 Å². The monoisotopic (exact) mass is 467 g/mol. The highest BCUT2D eigenvalue weighted by molar-refractivity contribution is 7.89. The topological polar surface area (TPSA) is 69.7 Å². The van der Waals surface area contributed by atoms with E-state index in [4.69, 9.17) is 0 Å². The number of carbonyl (C=O) groups excluding carboxylic acids is 1. The van der Waals surface area contributed by atoms with Crippen LogP contribution in [0.15, 0.2) is 71.6 Å². The molecule has 1 aliphatic carbocycles. The largest absolute Gasteiger partial charge is 0.352 e. The molecule has 1 N–H and O–H groups in total. The van der Waals surface area contributed by atoms with Gasteiger partial charge in [-0.1, -0.05) is 42.5 Å². The maximum Gasteiger partial charge on any atom is 0.243 e. The Labute approximate surface area is 193 Å². The van der Waals surface area contributed by atoms with Crippen LogP contribution in [0.5, 0.6) is 0 Å². The van der Waals surface area contributed by atoms with Crippen LogP contribution in [0.2, 0.25) is 0 Å². The van der Waals surface area contributed by atoms with E-state index in [2.05, 4.69) is 5.32 Å². The molecule has 5 rings (SSSR count). The van der Waals surface area contributed by atoms with Gasteiger partial charge in [0, 0.05) is 32.2 Å². The molecule has 2 aliphatic rings. The van der Waals surface area contributed by atoms with Crippen molar-refractivity contribution in [3.05, 3.63) is 78.1 Å². The second-order valence-corrected chi connectivity index (χ2v) is 10.6. The van der Waals surface area contributed by atoms with Crippen molar-refractivity contribution in [1.82, 2.24) is 14.5 Å². The summed E-state index contributed by atoms with van der Waals surface area (Å²) in [6.45, 7) is 1.38. The highest BCUT2D eigenvalue weighted by Gasteiger charge is 2.36. The minimum Gasteiger partial charge on any atom is -0.352 e. The van der Waals surface area contributed by atoms with E-state index >= 15 is 0 Å². The number of sulfonamides is 1. The summed E-state index contributed by atoms with van der Waals surface area (Å²) in [7, 11) is -3.65. The van der Waals surface area contributed by atoms with Gasteiger partial charge in [0.2, 0.25) is 15.9 Å². The van der Waals surface area contributed by atoms with Gasteiger partial charge in [0.25, 0.3) is 0 Å². The van der Waals surface area contributed by atoms with E-state index in [1.807, 2.05) is 35.2 Å². The normalized spacial score (nSPS) is 18.8. The van der Waals surface area contributed by atoms with Crippen molar-refractivity contribution in [2.45, 2.75) is 29.8 Å². The predicted molar refractivity (Wildman–Crippen MR) is 125 cm³/mol. The fourth-order valence-electron chi connectivity index (χ4n) is 4.36. The van der Waals surface area contributed by atoms with Crippen LogP contribution in [-0.2, 0) is 14.8 Å². The molecular weight excluding hydrogens is 441 g/mol. The Balaban J connectivity index is 1.34. The van der Waals surface area contributed by atoms with Gasteiger partial charge < -0.3 is 5.32 Å². The number of fused-ring (bicyclic) bond motifs is 1. The Hall–Kier alpha value is -2.81. The highest BCUT2D eigenvalue weighted by Crippen LogP contribution is 2.28. The van der Waals surface area contributed by atoms with E-state index in [-0.39, 0.29) is 35.8 Å². The minimum atomic E-state index is -3.65. The molecule has 3 aromatic carbocycles. The Morgan fingerprint density at radius 3 is 2.24 bits per heavy atom. The first-order chi connectivity index (χ1) is 15.9. The molecule has 1 heterocycles. The molecule has 1 aliphatic heterocycles. The van der Waals surface area contributed by atoms with Crippen LogP contribution in [0.3, 0.4) is 0 Å². The molecule has 0 bridgehead atoms. The Kier molecular flexibility index (Phi) is 5.90. The van der Waals surface area contributed by atoms with Crippen molar-refractivity contribution in [2.24, 2.45) is 0 Å². The summed E-state index contributed by atoms with van der Waals surface area (Å²) in [4.78, 5) is 15.3. The zero-order valence-corrected chi connectivity index (χ0v) is 19.0. The van der Waals surface area contributed by atoms with Crippen molar-refractivity contribution in [3.63, 3.8) is 0 Å². The second-order valence-electron chi connectivity index (χ2n) is 8.69. The number of nitrogens with one attached hydrogen (secondary N) is 1. The average molecular weight is 468 g/mol. The molecule has 0 aromatic heterocycles. The molecule has 1 saturated heterocycles. The molecule has 1 atom stereocenters. The van der Waals surface area contributed by atoms with Gasteiger partial charge >= 0.3 is 0 Å². The smallest absolute Gasteiger partial charge is 0.243 e. The first-order valence-electron chi connectivity index (χ1n) is 11.2. The van der Waals surface area contributed by atoms with Gasteiger partial charge in [0.15, 0.2) is 0 Å². The lowest BCUT2D eigenvalue weighted by Crippen LogP contribution is -2.52. The fourth-order valence-corrected chi connectivity index (χ4v) is 5.82. The number of halogens is 1. The summed E-state index contributed by atoms with van der Waals surface area (Å²) < 4.78 is 41.5. The van der Waals surface area contributed by atoms with Gasteiger partial charge in [0.1, 0.15) is 11.9 Å². The molecule has 3 aromatic rings. The standard InChI is InChI=1S/C25H26FN3O3S/c26-21-8-5-19(6-9-21)24(25(30)27-22-10-11-22)28-13-15-29(16-14-28)33(31,32)23-12-7-18-3-1-2-4-20(18)17-23/h1-9,12,17,22,24H,10-11,13-16H2,(H,27,30). The van der Waals surface area contributed by atoms with E-state index in [9.17, 15) is 17.6 Å². The first-order valence-corrected chi connectivity index (χ1v) is 12.6. The third-order valence-electron chi connectivity index (χ3n) is 6.35. The number of hydrogen-bond acceptors (Lipinski definition) is 4. The number of hydrogen-bond donors (Lipinski definition) is 1. The lowest BCUT2D eigenvalue weighted by atomic mass is 10.0. The Morgan fingerprint density at radius 1 is 0.909 bits per heavy atom. The summed E-state index contributed by atoms with van der Waals surface area (Å²) in [5.41, 5.74) is 0.709. The maximum absolute atomic E-state index is 13.5. The van der Waals surface area contributed by atoms with Crippen LogP contribution in [0, 0.1) is 5.82 Å². The molecule has 33 heavy (non-hydrogen) atoms. The molecule has 0 spiro atoms. The van der Waals surface area contributed by atoms with E-state index in [0.717, 1.165) is 23.6 Å². The van der Waals surface area contributed by atoms with Crippen molar-refractivity contribution in [2.75, 3.05) is 26.2 Å². The predicted octanol–water partition coefficient (Wildman–Crippen LogP) is 3.31. The van der Waals surface area contributed by atoms with Gasteiger partial charge in [-0.3, -0.25) is 9.69 Å². The summed E-state index contributed by atoms with van der Waals surface area (Å²) in [6, 6.07) is 18.4. The molecule has 8 heteroatoms. The molecule has 2 fully saturated rings. The number of amides is 1. The summed E-state index contributed by atoms with van der Waals surface area (Å²) >= 11 is 0. The first kappa shape index (κ1) is 22.0. The number of piperazine rings is 1. The maximum atomic E-state index is 13.5. The Bertz CT molecular complexity index is 1270. The van der Waals surface area contributed by atoms with Gasteiger partial charge in [-0.25, -0.2) is 12.8 Å². The third kappa shape index (κ3) is 4.64. The third-order valence-corrected chi connectivity index (χ3v) is 8.25. The lowest BCUT2D eigenvalue weighted by Gasteiger charge is -2.38. The highest BCUT2D eigenvalue weighted by atomic mass is 32.2. The van der Waals surface area contributed by atoms with Crippen molar-refractivity contribution >= 4 is 26.7 Å². The zero-order valence-electron chi connectivity index (χ0n) is 18.2. The van der Waals surface area contributed by atoms with E-state index in [1.54, 1.807) is 24.3 Å². The molecular formula is C25H26FN3O3S. The second kappa shape index (κ2) is 8.85. The van der Waals surface area contributed by atoms with Gasteiger partial charge in [-0.05, 0) is 53.4 Å². The average Bonchev–Trinajstić information content (AvgIpc) is 3.64. The quantitative estimate of drug-likeness (QED) is 0.604. The summed E-state index contributed by atoms with van der Waals surface area (Å²) in [5, 5.41) is 4.91. The summed E-state index contributed by atoms with van der Waals surface area (Å²) in [6.07, 6.45) is 1.94. The van der Waals surface area contributed by atoms with Gasteiger partial charge in [-0.2, -0.15) is 4.31 Å². The zero-order chi connectivity index (χ0) is 23.0. The molecule has 0 radical (unpaired) electrons. The Morgan fingerprint density at radius 2 is 1.58 bits per heavy atom. The lowest BCUT2D eigenvalue weighted by molar-refractivity contribution is -0.127. The summed E-state index contributed by atoms with van der Waals surface area (Å²) in [5.74, 6) is -0.471. The van der Waals surface area contributed by atoms with Gasteiger partial charge in [0.05, 0.1) is 4.90 Å². The minimum absolute atomic E-state index is 0.116. The SMILES string of the molecule is O=C(NC1CC1)C(c1ccc(F)cc1)N1CCN(S(=O)(=O)c2ccc3ccccc3c2)CC1. The number of nitrogens with zero attached hydrogens (tertiary/aromatic N) is 2. The van der Waals surface area contributed by atoms with E-state index in [0.29, 0.717) is 18.7 Å².